The Morgan fingerprint density at radius 1 is 1.17 bits per heavy atom. The predicted octanol–water partition coefficient (Wildman–Crippen LogP) is 6.36. The third-order valence-electron chi connectivity index (χ3n) is 11.4. The van der Waals surface area contributed by atoms with Crippen LogP contribution in [0.1, 0.15) is 79.1 Å². The highest BCUT2D eigenvalue weighted by Gasteiger charge is 2.71. The molecule has 5 aliphatic rings. The van der Waals surface area contributed by atoms with Crippen molar-refractivity contribution in [2.24, 2.45) is 44.5 Å². The summed E-state index contributed by atoms with van der Waals surface area (Å²) < 4.78 is 5.64. The van der Waals surface area contributed by atoms with Crippen molar-refractivity contribution >= 4 is 23.1 Å². The molecule has 4 fully saturated rings. The summed E-state index contributed by atoms with van der Waals surface area (Å²) in [5.74, 6) is 1.30. The third-order valence-corrected chi connectivity index (χ3v) is 11.4. The van der Waals surface area contributed by atoms with Crippen LogP contribution >= 0.6 is 0 Å². The van der Waals surface area contributed by atoms with Crippen molar-refractivity contribution < 1.29 is 14.5 Å². The molecule has 7 atom stereocenters. The predicted molar refractivity (Wildman–Crippen MR) is 139 cm³/mol. The number of hydrazone groups is 1. The summed E-state index contributed by atoms with van der Waals surface area (Å²) in [4.78, 5) is 24.3. The molecule has 7 heteroatoms. The van der Waals surface area contributed by atoms with Gasteiger partial charge in [-0.2, -0.15) is 5.10 Å². The van der Waals surface area contributed by atoms with Gasteiger partial charge in [0.15, 0.2) is 0 Å². The smallest absolute Gasteiger partial charge is 0.312 e. The fourth-order valence-electron chi connectivity index (χ4n) is 10.1. The lowest BCUT2D eigenvalue weighted by atomic mass is 9.39. The van der Waals surface area contributed by atoms with Crippen molar-refractivity contribution in [2.75, 3.05) is 18.2 Å². The normalized spacial score (nSPS) is 42.7. The Balaban J connectivity index is 1.36. The molecule has 1 heterocycles. The first-order chi connectivity index (χ1) is 17.1. The average molecular weight is 494 g/mol. The van der Waals surface area contributed by atoms with E-state index in [2.05, 4.69) is 20.8 Å². The molecule has 1 aromatic carbocycles. The van der Waals surface area contributed by atoms with Gasteiger partial charge in [-0.15, -0.1) is 0 Å². The molecule has 0 unspecified atom stereocenters. The van der Waals surface area contributed by atoms with E-state index in [1.807, 2.05) is 18.0 Å². The molecule has 0 N–H and O–H groups in total. The van der Waals surface area contributed by atoms with E-state index < -0.39 is 5.41 Å². The number of non-ortho nitro benzene ring substituents is 1. The Hall–Kier alpha value is -2.44. The molecule has 2 bridgehead atoms. The summed E-state index contributed by atoms with van der Waals surface area (Å²) in [5, 5.41) is 18.6. The van der Waals surface area contributed by atoms with E-state index in [1.54, 1.807) is 18.2 Å². The summed E-state index contributed by atoms with van der Waals surface area (Å²) in [6.45, 7) is 10.2. The van der Waals surface area contributed by atoms with Crippen LogP contribution in [0.3, 0.4) is 0 Å². The van der Waals surface area contributed by atoms with E-state index in [4.69, 9.17) is 9.84 Å². The van der Waals surface area contributed by atoms with Gasteiger partial charge in [-0.3, -0.25) is 19.9 Å². The largest absolute Gasteiger partial charge is 0.466 e. The van der Waals surface area contributed by atoms with Gasteiger partial charge in [-0.1, -0.05) is 26.3 Å². The number of hydrogen-bond donors (Lipinski definition) is 0. The third kappa shape index (κ3) is 3.03. The van der Waals surface area contributed by atoms with Crippen LogP contribution in [0.15, 0.2) is 29.4 Å². The number of carbonyl (C=O) groups is 1. The van der Waals surface area contributed by atoms with Crippen molar-refractivity contribution in [2.45, 2.75) is 79.1 Å². The number of nitro benzene ring substituents is 1. The van der Waals surface area contributed by atoms with Gasteiger partial charge in [0.2, 0.25) is 0 Å². The summed E-state index contributed by atoms with van der Waals surface area (Å²) in [6, 6.07) is 6.90. The number of ether oxygens (including phenoxy) is 1. The molecule has 6 rings (SSSR count). The molecular formula is C29H39N3O4. The zero-order valence-electron chi connectivity index (χ0n) is 22.1. The second kappa shape index (κ2) is 7.78. The lowest BCUT2D eigenvalue weighted by molar-refractivity contribution is -0.384. The first kappa shape index (κ1) is 23.9. The molecule has 4 aliphatic carbocycles. The first-order valence-electron chi connectivity index (χ1n) is 13.9. The molecule has 1 spiro atoms. The lowest BCUT2D eigenvalue weighted by Gasteiger charge is -2.64. The number of rotatable bonds is 4. The standard InChI is InChI=1S/C29H39N3O4/c1-5-36-25(33)28(4)13-7-12-27(3)22(28)11-15-29-18-26(2,14-10-23(27)29)24-21(29)17-31(30-24)19-8-6-9-20(16-19)32(34)35/h6,8-9,16,21-23H,5,7,10-15,17-18H2,1-4H3/t21-,22+,23+,26+,27-,28-,29-/m1/s1. The maximum Gasteiger partial charge on any atom is 0.312 e. The fraction of sp³-hybridized carbons (Fsp3) is 0.724. The number of anilines is 1. The number of nitrogens with zero attached hydrogens (tertiary/aromatic N) is 3. The van der Waals surface area contributed by atoms with E-state index in [0.29, 0.717) is 24.4 Å². The number of benzene rings is 1. The minimum atomic E-state index is -0.397. The monoisotopic (exact) mass is 493 g/mol. The maximum absolute atomic E-state index is 13.2. The molecule has 7 nitrogen and oxygen atoms in total. The molecule has 0 saturated heterocycles. The molecule has 0 aromatic heterocycles. The highest BCUT2D eigenvalue weighted by atomic mass is 16.6. The number of nitro groups is 1. The van der Waals surface area contributed by atoms with Crippen LogP contribution in [0, 0.1) is 49.5 Å². The second-order valence-corrected chi connectivity index (χ2v) is 13.0. The number of esters is 1. The summed E-state index contributed by atoms with van der Waals surface area (Å²) >= 11 is 0. The van der Waals surface area contributed by atoms with Gasteiger partial charge >= 0.3 is 5.97 Å². The molecule has 1 aliphatic heterocycles. The first-order valence-corrected chi connectivity index (χ1v) is 13.9. The van der Waals surface area contributed by atoms with Crippen LogP contribution in [0.2, 0.25) is 0 Å². The SMILES string of the molecule is CCOC(=O)[C@]1(C)CCC[C@@]2(C)[C@@H]3CC[C@@]4(C)C[C@]3(CC[C@@H]21)[C@@H]1CN(c2cccc([N+](=O)[O-])c2)N=C14. The van der Waals surface area contributed by atoms with Crippen LogP contribution in [0.5, 0.6) is 0 Å². The Kier molecular flexibility index (Phi) is 5.17. The summed E-state index contributed by atoms with van der Waals surface area (Å²) in [5.41, 5.74) is 2.26. The minimum absolute atomic E-state index is 0.00362. The molecule has 0 amide bonds. The fourth-order valence-corrected chi connectivity index (χ4v) is 10.1. The van der Waals surface area contributed by atoms with Gasteiger partial charge in [0, 0.05) is 29.2 Å². The Morgan fingerprint density at radius 2 is 1.94 bits per heavy atom. The zero-order valence-corrected chi connectivity index (χ0v) is 22.1. The van der Waals surface area contributed by atoms with Crippen molar-refractivity contribution in [3.05, 3.63) is 34.4 Å². The quantitative estimate of drug-likeness (QED) is 0.277. The van der Waals surface area contributed by atoms with E-state index in [1.165, 1.54) is 25.0 Å². The Bertz CT molecular complexity index is 1150. The highest BCUT2D eigenvalue weighted by molar-refractivity contribution is 5.98. The molecule has 4 saturated carbocycles. The minimum Gasteiger partial charge on any atom is -0.466 e. The Labute approximate surface area is 213 Å². The molecule has 1 aromatic rings. The highest BCUT2D eigenvalue weighted by Crippen LogP contribution is 2.75. The zero-order chi connectivity index (χ0) is 25.5. The van der Waals surface area contributed by atoms with E-state index >= 15 is 0 Å². The van der Waals surface area contributed by atoms with Crippen molar-refractivity contribution in [1.82, 2.24) is 0 Å². The summed E-state index contributed by atoms with van der Waals surface area (Å²) in [7, 11) is 0. The molecule has 0 radical (unpaired) electrons. The maximum atomic E-state index is 13.2. The van der Waals surface area contributed by atoms with E-state index in [9.17, 15) is 14.9 Å². The number of hydrogen-bond acceptors (Lipinski definition) is 6. The second-order valence-electron chi connectivity index (χ2n) is 13.0. The van der Waals surface area contributed by atoms with Crippen LogP contribution in [-0.2, 0) is 9.53 Å². The molecule has 194 valence electrons. The van der Waals surface area contributed by atoms with Gasteiger partial charge in [0.25, 0.3) is 5.69 Å². The van der Waals surface area contributed by atoms with E-state index in [-0.39, 0.29) is 32.8 Å². The molecule has 36 heavy (non-hydrogen) atoms. The van der Waals surface area contributed by atoms with Gasteiger partial charge in [-0.05, 0) is 87.5 Å². The number of fused-ring (bicyclic) bond motifs is 5. The Morgan fingerprint density at radius 3 is 2.69 bits per heavy atom. The van der Waals surface area contributed by atoms with Gasteiger partial charge in [-0.25, -0.2) is 0 Å². The van der Waals surface area contributed by atoms with Crippen LogP contribution in [-0.4, -0.2) is 29.8 Å². The van der Waals surface area contributed by atoms with Gasteiger partial charge in [0.1, 0.15) is 0 Å². The van der Waals surface area contributed by atoms with Crippen molar-refractivity contribution in [3.63, 3.8) is 0 Å². The number of carbonyl (C=O) groups excluding carboxylic acids is 1. The van der Waals surface area contributed by atoms with Crippen LogP contribution in [0.4, 0.5) is 11.4 Å². The lowest BCUT2D eigenvalue weighted by Crippen LogP contribution is -2.60. The van der Waals surface area contributed by atoms with E-state index in [0.717, 1.165) is 44.3 Å². The van der Waals surface area contributed by atoms with Crippen LogP contribution in [0.25, 0.3) is 0 Å². The topological polar surface area (TPSA) is 85.0 Å². The van der Waals surface area contributed by atoms with Gasteiger partial charge < -0.3 is 4.74 Å². The molecular weight excluding hydrogens is 454 g/mol. The average Bonchev–Trinajstić information content (AvgIpc) is 3.37. The van der Waals surface area contributed by atoms with Gasteiger partial charge in [0.05, 0.1) is 29.2 Å². The summed E-state index contributed by atoms with van der Waals surface area (Å²) in [6.07, 6.45) is 8.93. The van der Waals surface area contributed by atoms with Crippen LogP contribution < -0.4 is 5.01 Å². The van der Waals surface area contributed by atoms with Crippen molar-refractivity contribution in [1.29, 1.82) is 0 Å². The van der Waals surface area contributed by atoms with Crippen molar-refractivity contribution in [3.8, 4) is 0 Å².